The van der Waals surface area contributed by atoms with Gasteiger partial charge in [0.25, 0.3) is 0 Å². The van der Waals surface area contributed by atoms with Crippen LogP contribution < -0.4 is 11.3 Å². The van der Waals surface area contributed by atoms with Gasteiger partial charge in [0.15, 0.2) is 0 Å². The van der Waals surface area contributed by atoms with Crippen LogP contribution >= 0.6 is 27.5 Å². The predicted octanol–water partition coefficient (Wildman–Crippen LogP) is 4.85. The molecule has 0 spiro atoms. The summed E-state index contributed by atoms with van der Waals surface area (Å²) >= 11 is 9.60. The first-order chi connectivity index (χ1) is 10.0. The maximum atomic E-state index is 6.19. The standard InChI is InChI=1S/C17H20BrClN2/c1-11(2)8-12-4-3-5-13(9-12)17(21-20)14-6-7-15(18)16(19)10-14/h3-7,9-11,17,21H,8,20H2,1-2H3. The van der Waals surface area contributed by atoms with Crippen molar-refractivity contribution in [3.8, 4) is 0 Å². The fourth-order valence-electron chi connectivity index (χ4n) is 2.45. The van der Waals surface area contributed by atoms with Crippen molar-refractivity contribution < 1.29 is 0 Å². The Labute approximate surface area is 139 Å². The van der Waals surface area contributed by atoms with Crippen LogP contribution in [0.15, 0.2) is 46.9 Å². The lowest BCUT2D eigenvalue weighted by atomic mass is 9.95. The first-order valence-corrected chi connectivity index (χ1v) is 8.18. The van der Waals surface area contributed by atoms with E-state index in [0.717, 1.165) is 22.0 Å². The van der Waals surface area contributed by atoms with Crippen molar-refractivity contribution in [3.63, 3.8) is 0 Å². The molecule has 0 aliphatic rings. The van der Waals surface area contributed by atoms with E-state index in [4.69, 9.17) is 17.4 Å². The van der Waals surface area contributed by atoms with Gasteiger partial charge in [-0.1, -0.05) is 55.8 Å². The third-order valence-corrected chi connectivity index (χ3v) is 4.60. The molecule has 4 heteroatoms. The van der Waals surface area contributed by atoms with E-state index in [0.29, 0.717) is 10.9 Å². The Bertz CT molecular complexity index is 613. The molecule has 0 aliphatic carbocycles. The number of hydrogen-bond acceptors (Lipinski definition) is 2. The largest absolute Gasteiger partial charge is 0.271 e. The van der Waals surface area contributed by atoms with E-state index in [9.17, 15) is 0 Å². The SMILES string of the molecule is CC(C)Cc1cccc(C(NN)c2ccc(Br)c(Cl)c2)c1. The lowest BCUT2D eigenvalue weighted by molar-refractivity contribution is 0.627. The van der Waals surface area contributed by atoms with Gasteiger partial charge in [-0.25, -0.2) is 5.43 Å². The molecule has 0 saturated carbocycles. The molecule has 1 unspecified atom stereocenters. The molecule has 112 valence electrons. The molecule has 0 radical (unpaired) electrons. The van der Waals surface area contributed by atoms with Gasteiger partial charge in [-0.2, -0.15) is 0 Å². The van der Waals surface area contributed by atoms with E-state index in [1.807, 2.05) is 18.2 Å². The van der Waals surface area contributed by atoms with Gasteiger partial charge in [-0.3, -0.25) is 5.84 Å². The fraction of sp³-hybridized carbons (Fsp3) is 0.294. The van der Waals surface area contributed by atoms with Gasteiger partial charge in [0.2, 0.25) is 0 Å². The number of nitrogens with two attached hydrogens (primary N) is 1. The summed E-state index contributed by atoms with van der Waals surface area (Å²) in [5.41, 5.74) is 6.41. The minimum absolute atomic E-state index is 0.0669. The second kappa shape index (κ2) is 7.41. The summed E-state index contributed by atoms with van der Waals surface area (Å²) in [6, 6.07) is 14.4. The van der Waals surface area contributed by atoms with Gasteiger partial charge in [0.1, 0.15) is 0 Å². The number of rotatable bonds is 5. The average molecular weight is 368 g/mol. The highest BCUT2D eigenvalue weighted by molar-refractivity contribution is 9.10. The van der Waals surface area contributed by atoms with Crippen LogP contribution in [-0.2, 0) is 6.42 Å². The smallest absolute Gasteiger partial charge is 0.0710 e. The van der Waals surface area contributed by atoms with Gasteiger partial charge in [0.05, 0.1) is 11.1 Å². The lowest BCUT2D eigenvalue weighted by Crippen LogP contribution is -2.28. The fourth-order valence-corrected chi connectivity index (χ4v) is 2.88. The van der Waals surface area contributed by atoms with Crippen LogP contribution in [0.4, 0.5) is 0 Å². The number of halogens is 2. The molecule has 2 rings (SSSR count). The third-order valence-electron chi connectivity index (χ3n) is 3.37. The van der Waals surface area contributed by atoms with E-state index < -0.39 is 0 Å². The van der Waals surface area contributed by atoms with Gasteiger partial charge in [-0.15, -0.1) is 0 Å². The summed E-state index contributed by atoms with van der Waals surface area (Å²) in [4.78, 5) is 0. The Balaban J connectivity index is 2.34. The average Bonchev–Trinajstić information content (AvgIpc) is 2.43. The summed E-state index contributed by atoms with van der Waals surface area (Å²) in [7, 11) is 0. The molecule has 0 aliphatic heterocycles. The highest BCUT2D eigenvalue weighted by atomic mass is 79.9. The molecule has 0 aromatic heterocycles. The third kappa shape index (κ3) is 4.30. The Morgan fingerprint density at radius 1 is 1.14 bits per heavy atom. The van der Waals surface area contributed by atoms with Crippen molar-refractivity contribution in [2.24, 2.45) is 11.8 Å². The van der Waals surface area contributed by atoms with Crippen molar-refractivity contribution in [1.29, 1.82) is 0 Å². The lowest BCUT2D eigenvalue weighted by Gasteiger charge is -2.19. The van der Waals surface area contributed by atoms with Crippen LogP contribution in [0.1, 0.15) is 36.6 Å². The first kappa shape index (κ1) is 16.5. The van der Waals surface area contributed by atoms with Crippen LogP contribution in [0.2, 0.25) is 5.02 Å². The Morgan fingerprint density at radius 2 is 1.86 bits per heavy atom. The molecule has 0 fully saturated rings. The molecule has 0 saturated heterocycles. The van der Waals surface area contributed by atoms with Crippen molar-refractivity contribution in [2.75, 3.05) is 0 Å². The molecule has 3 N–H and O–H groups in total. The zero-order chi connectivity index (χ0) is 15.4. The Hall–Kier alpha value is -0.870. The summed E-state index contributed by atoms with van der Waals surface area (Å²) < 4.78 is 0.886. The molecule has 21 heavy (non-hydrogen) atoms. The molecule has 2 aromatic rings. The maximum absolute atomic E-state index is 6.19. The predicted molar refractivity (Wildman–Crippen MR) is 93.3 cm³/mol. The van der Waals surface area contributed by atoms with E-state index in [2.05, 4.69) is 59.5 Å². The highest BCUT2D eigenvalue weighted by Crippen LogP contribution is 2.29. The van der Waals surface area contributed by atoms with Gasteiger partial charge >= 0.3 is 0 Å². The zero-order valence-electron chi connectivity index (χ0n) is 12.2. The van der Waals surface area contributed by atoms with E-state index in [-0.39, 0.29) is 6.04 Å². The summed E-state index contributed by atoms with van der Waals surface area (Å²) in [6.07, 6.45) is 1.06. The van der Waals surface area contributed by atoms with Crippen LogP contribution in [0.25, 0.3) is 0 Å². The Morgan fingerprint density at radius 3 is 2.48 bits per heavy atom. The second-order valence-corrected chi connectivity index (χ2v) is 6.88. The van der Waals surface area contributed by atoms with Crippen LogP contribution in [0.5, 0.6) is 0 Å². The molecule has 0 bridgehead atoms. The molecule has 0 amide bonds. The van der Waals surface area contributed by atoms with Crippen molar-refractivity contribution >= 4 is 27.5 Å². The van der Waals surface area contributed by atoms with Crippen molar-refractivity contribution in [1.82, 2.24) is 5.43 Å². The quantitative estimate of drug-likeness (QED) is 0.585. The molecule has 2 aromatic carbocycles. The van der Waals surface area contributed by atoms with Gasteiger partial charge in [-0.05, 0) is 57.1 Å². The summed E-state index contributed by atoms with van der Waals surface area (Å²) in [6.45, 7) is 4.44. The Kier molecular flexibility index (Phi) is 5.82. The normalized spacial score (nSPS) is 12.7. The maximum Gasteiger partial charge on any atom is 0.0710 e. The molecular formula is C17H20BrClN2. The highest BCUT2D eigenvalue weighted by Gasteiger charge is 2.14. The summed E-state index contributed by atoms with van der Waals surface area (Å²) in [5, 5.41) is 0.686. The minimum atomic E-state index is -0.0669. The van der Waals surface area contributed by atoms with Gasteiger partial charge < -0.3 is 0 Å². The zero-order valence-corrected chi connectivity index (χ0v) is 14.6. The van der Waals surface area contributed by atoms with E-state index in [1.54, 1.807) is 0 Å². The number of hydrazine groups is 1. The molecule has 0 heterocycles. The summed E-state index contributed by atoms with van der Waals surface area (Å²) in [5.74, 6) is 6.40. The van der Waals surface area contributed by atoms with Crippen molar-refractivity contribution in [2.45, 2.75) is 26.3 Å². The number of nitrogens with one attached hydrogen (secondary N) is 1. The van der Waals surface area contributed by atoms with Crippen LogP contribution in [0.3, 0.4) is 0 Å². The van der Waals surface area contributed by atoms with Crippen LogP contribution in [-0.4, -0.2) is 0 Å². The topological polar surface area (TPSA) is 38.0 Å². The van der Waals surface area contributed by atoms with Gasteiger partial charge in [0, 0.05) is 4.47 Å². The minimum Gasteiger partial charge on any atom is -0.271 e. The molecule has 1 atom stereocenters. The molecular weight excluding hydrogens is 348 g/mol. The monoisotopic (exact) mass is 366 g/mol. The first-order valence-electron chi connectivity index (χ1n) is 7.01. The van der Waals surface area contributed by atoms with E-state index in [1.165, 1.54) is 5.56 Å². The van der Waals surface area contributed by atoms with Crippen LogP contribution in [0, 0.1) is 5.92 Å². The van der Waals surface area contributed by atoms with Crippen molar-refractivity contribution in [3.05, 3.63) is 68.7 Å². The second-order valence-electron chi connectivity index (χ2n) is 5.62. The number of hydrogen-bond donors (Lipinski definition) is 2. The van der Waals surface area contributed by atoms with E-state index >= 15 is 0 Å². The number of benzene rings is 2. The molecule has 2 nitrogen and oxygen atoms in total.